The van der Waals surface area contributed by atoms with Crippen LogP contribution in [0.4, 0.5) is 4.39 Å². The fraction of sp³-hybridized carbons (Fsp3) is 0.192. The molecule has 1 aliphatic heterocycles. The summed E-state index contributed by atoms with van der Waals surface area (Å²) in [4.78, 5) is 31.3. The lowest BCUT2D eigenvalue weighted by molar-refractivity contribution is 0.0758. The van der Waals surface area contributed by atoms with Crippen molar-refractivity contribution in [3.63, 3.8) is 0 Å². The first-order valence-electron chi connectivity index (χ1n) is 11.3. The number of amides is 2. The van der Waals surface area contributed by atoms with Gasteiger partial charge in [-0.3, -0.25) is 14.6 Å². The van der Waals surface area contributed by atoms with Crippen LogP contribution in [0.2, 0.25) is 0 Å². The lowest BCUT2D eigenvalue weighted by Crippen LogP contribution is -2.34. The molecule has 5 rings (SSSR count). The maximum absolute atomic E-state index is 14.2. The Kier molecular flexibility index (Phi) is 6.30. The van der Waals surface area contributed by atoms with Gasteiger partial charge in [0.25, 0.3) is 11.8 Å². The van der Waals surface area contributed by atoms with Crippen LogP contribution in [0.1, 0.15) is 32.4 Å². The number of nitrogens with zero attached hydrogens (tertiary/aromatic N) is 5. The normalized spacial score (nSPS) is 13.1. The zero-order valence-electron chi connectivity index (χ0n) is 18.9. The molecule has 2 amide bonds. The highest BCUT2D eigenvalue weighted by atomic mass is 19.1. The van der Waals surface area contributed by atoms with Crippen LogP contribution in [0.25, 0.3) is 11.1 Å². The monoisotopic (exact) mass is 470 g/mol. The molecule has 0 atom stereocenters. The summed E-state index contributed by atoms with van der Waals surface area (Å²) >= 11 is 0. The second kappa shape index (κ2) is 9.84. The summed E-state index contributed by atoms with van der Waals surface area (Å²) in [7, 11) is 0. The predicted molar refractivity (Wildman–Crippen MR) is 127 cm³/mol. The molecule has 0 saturated heterocycles. The zero-order valence-corrected chi connectivity index (χ0v) is 18.9. The summed E-state index contributed by atoms with van der Waals surface area (Å²) in [6.45, 7) is 1.71. The van der Waals surface area contributed by atoms with E-state index in [4.69, 9.17) is 0 Å². The molecular formula is C26H23FN6O2. The first kappa shape index (κ1) is 22.4. The SMILES string of the molecule is O=C(NCc1nnc2n1CCN(C(=O)c1cccc(-c3ccccc3F)c1)CC2)c1ccncc1. The summed E-state index contributed by atoms with van der Waals surface area (Å²) < 4.78 is 16.2. The number of hydrogen-bond donors (Lipinski definition) is 1. The average Bonchev–Trinajstić information content (AvgIpc) is 3.16. The van der Waals surface area contributed by atoms with Crippen LogP contribution in [0.15, 0.2) is 73.1 Å². The summed E-state index contributed by atoms with van der Waals surface area (Å²) in [5, 5.41) is 11.4. The van der Waals surface area contributed by atoms with Crippen molar-refractivity contribution in [1.29, 1.82) is 0 Å². The fourth-order valence-electron chi connectivity index (χ4n) is 4.18. The van der Waals surface area contributed by atoms with E-state index in [2.05, 4.69) is 20.5 Å². The fourth-order valence-corrected chi connectivity index (χ4v) is 4.18. The van der Waals surface area contributed by atoms with Crippen molar-refractivity contribution < 1.29 is 14.0 Å². The summed E-state index contributed by atoms with van der Waals surface area (Å²) in [5.41, 5.74) is 2.15. The third-order valence-electron chi connectivity index (χ3n) is 6.03. The van der Waals surface area contributed by atoms with E-state index >= 15 is 0 Å². The average molecular weight is 471 g/mol. The Balaban J connectivity index is 1.26. The maximum atomic E-state index is 14.2. The minimum atomic E-state index is -0.326. The third-order valence-corrected chi connectivity index (χ3v) is 6.03. The molecule has 4 aromatic rings. The number of aromatic nitrogens is 4. The Bertz CT molecular complexity index is 1370. The van der Waals surface area contributed by atoms with Crippen LogP contribution in [0, 0.1) is 5.82 Å². The number of halogens is 1. The van der Waals surface area contributed by atoms with E-state index in [1.165, 1.54) is 6.07 Å². The van der Waals surface area contributed by atoms with Crippen LogP contribution in [0.3, 0.4) is 0 Å². The summed E-state index contributed by atoms with van der Waals surface area (Å²) in [5.74, 6) is 0.750. The molecule has 1 N–H and O–H groups in total. The van der Waals surface area contributed by atoms with Gasteiger partial charge in [0.05, 0.1) is 6.54 Å². The van der Waals surface area contributed by atoms with E-state index in [-0.39, 0.29) is 24.2 Å². The van der Waals surface area contributed by atoms with Crippen molar-refractivity contribution in [2.24, 2.45) is 0 Å². The Hall–Kier alpha value is -4.40. The molecule has 0 aliphatic carbocycles. The van der Waals surface area contributed by atoms with Crippen LogP contribution in [-0.2, 0) is 19.5 Å². The second-order valence-electron chi connectivity index (χ2n) is 8.21. The molecule has 176 valence electrons. The van der Waals surface area contributed by atoms with E-state index < -0.39 is 0 Å². The van der Waals surface area contributed by atoms with Crippen molar-refractivity contribution in [3.8, 4) is 11.1 Å². The summed E-state index contributed by atoms with van der Waals surface area (Å²) in [6, 6.07) is 16.8. The van der Waals surface area contributed by atoms with E-state index in [0.29, 0.717) is 54.1 Å². The van der Waals surface area contributed by atoms with Crippen molar-refractivity contribution in [1.82, 2.24) is 30.0 Å². The van der Waals surface area contributed by atoms with Gasteiger partial charge in [0.1, 0.15) is 11.6 Å². The first-order chi connectivity index (χ1) is 17.1. The molecule has 0 saturated carbocycles. The van der Waals surface area contributed by atoms with Crippen LogP contribution in [0.5, 0.6) is 0 Å². The number of pyridine rings is 1. The molecule has 0 fully saturated rings. The first-order valence-corrected chi connectivity index (χ1v) is 11.3. The number of carbonyl (C=O) groups is 2. The van der Waals surface area contributed by atoms with Crippen molar-refractivity contribution >= 4 is 11.8 Å². The molecule has 8 nitrogen and oxygen atoms in total. The largest absolute Gasteiger partial charge is 0.345 e. The highest BCUT2D eigenvalue weighted by molar-refractivity contribution is 5.95. The maximum Gasteiger partial charge on any atom is 0.253 e. The molecule has 0 bridgehead atoms. The van der Waals surface area contributed by atoms with E-state index in [0.717, 1.165) is 5.82 Å². The third kappa shape index (κ3) is 4.79. The van der Waals surface area contributed by atoms with Gasteiger partial charge in [-0.2, -0.15) is 0 Å². The van der Waals surface area contributed by atoms with Gasteiger partial charge in [-0.1, -0.05) is 30.3 Å². The Morgan fingerprint density at radius 2 is 1.74 bits per heavy atom. The van der Waals surface area contributed by atoms with Gasteiger partial charge in [-0.05, 0) is 35.9 Å². The van der Waals surface area contributed by atoms with E-state index in [1.54, 1.807) is 71.9 Å². The Morgan fingerprint density at radius 3 is 2.57 bits per heavy atom. The second-order valence-corrected chi connectivity index (χ2v) is 8.21. The number of fused-ring (bicyclic) bond motifs is 1. The molecule has 9 heteroatoms. The topological polar surface area (TPSA) is 93.0 Å². The number of hydrogen-bond acceptors (Lipinski definition) is 5. The molecule has 0 radical (unpaired) electrons. The van der Waals surface area contributed by atoms with Gasteiger partial charge in [0, 0.05) is 55.1 Å². The minimum Gasteiger partial charge on any atom is -0.345 e. The predicted octanol–water partition coefficient (Wildman–Crippen LogP) is 3.11. The quantitative estimate of drug-likeness (QED) is 0.484. The molecule has 2 aromatic heterocycles. The molecule has 0 spiro atoms. The van der Waals surface area contributed by atoms with Gasteiger partial charge >= 0.3 is 0 Å². The van der Waals surface area contributed by atoms with Crippen molar-refractivity contribution in [2.45, 2.75) is 19.5 Å². The van der Waals surface area contributed by atoms with Gasteiger partial charge in [-0.25, -0.2) is 4.39 Å². The summed E-state index contributed by atoms with van der Waals surface area (Å²) in [6.07, 6.45) is 3.68. The Labute approximate surface area is 201 Å². The molecule has 1 aliphatic rings. The molecule has 2 aromatic carbocycles. The zero-order chi connectivity index (χ0) is 24.2. The highest BCUT2D eigenvalue weighted by Gasteiger charge is 2.23. The van der Waals surface area contributed by atoms with Gasteiger partial charge in [0.2, 0.25) is 0 Å². The van der Waals surface area contributed by atoms with E-state index in [1.807, 2.05) is 4.57 Å². The Morgan fingerprint density at radius 1 is 0.914 bits per heavy atom. The lowest BCUT2D eigenvalue weighted by atomic mass is 10.0. The molecule has 3 heterocycles. The van der Waals surface area contributed by atoms with Gasteiger partial charge < -0.3 is 14.8 Å². The van der Waals surface area contributed by atoms with Crippen LogP contribution < -0.4 is 5.32 Å². The number of benzene rings is 2. The lowest BCUT2D eigenvalue weighted by Gasteiger charge is -2.20. The number of rotatable bonds is 5. The number of carbonyl (C=O) groups excluding carboxylic acids is 2. The molecule has 35 heavy (non-hydrogen) atoms. The van der Waals surface area contributed by atoms with Gasteiger partial charge in [0.15, 0.2) is 5.82 Å². The highest BCUT2D eigenvalue weighted by Crippen LogP contribution is 2.24. The minimum absolute atomic E-state index is 0.116. The molecular weight excluding hydrogens is 447 g/mol. The smallest absolute Gasteiger partial charge is 0.253 e. The standard InChI is InChI=1S/C26H23FN6O2/c27-22-7-2-1-6-21(22)19-4-3-5-20(16-19)26(35)32-13-10-23-30-31-24(33(23)15-14-32)17-29-25(34)18-8-11-28-12-9-18/h1-9,11-12,16H,10,13-15,17H2,(H,29,34). The van der Waals surface area contributed by atoms with E-state index in [9.17, 15) is 14.0 Å². The number of nitrogens with one attached hydrogen (secondary N) is 1. The van der Waals surface area contributed by atoms with Crippen LogP contribution in [-0.4, -0.2) is 49.6 Å². The van der Waals surface area contributed by atoms with Gasteiger partial charge in [-0.15, -0.1) is 10.2 Å². The van der Waals surface area contributed by atoms with Crippen LogP contribution >= 0.6 is 0 Å². The van der Waals surface area contributed by atoms with Crippen molar-refractivity contribution in [3.05, 3.63) is 102 Å². The van der Waals surface area contributed by atoms with Crippen molar-refractivity contribution in [2.75, 3.05) is 13.1 Å². The molecule has 0 unspecified atom stereocenters.